The molecule has 3 heterocycles. The minimum atomic E-state index is -3.87. The van der Waals surface area contributed by atoms with E-state index in [2.05, 4.69) is 20.0 Å². The molecule has 7 rings (SSSR count). The summed E-state index contributed by atoms with van der Waals surface area (Å²) in [5.41, 5.74) is 12.6. The molecule has 318 valence electrons. The van der Waals surface area contributed by atoms with Crippen LogP contribution < -0.4 is 0 Å². The second-order valence-corrected chi connectivity index (χ2v) is 16.3. The van der Waals surface area contributed by atoms with Crippen LogP contribution in [0.2, 0.25) is 0 Å². The minimum absolute atomic E-state index is 0.135. The molecular formula is C46H50N6O8S. The highest BCUT2D eigenvalue weighted by molar-refractivity contribution is 7.90. The maximum atomic E-state index is 13.8. The summed E-state index contributed by atoms with van der Waals surface area (Å²) in [6.45, 7) is 1.88. The Bertz CT molecular complexity index is 2390. The Morgan fingerprint density at radius 1 is 0.721 bits per heavy atom. The number of ether oxygens (including phenoxy) is 6. The van der Waals surface area contributed by atoms with E-state index in [1.165, 1.54) is 3.97 Å². The van der Waals surface area contributed by atoms with Crippen molar-refractivity contribution in [2.45, 2.75) is 81.1 Å². The molecular weight excluding hydrogens is 797 g/mol. The summed E-state index contributed by atoms with van der Waals surface area (Å²) >= 11 is 0. The molecule has 4 aromatic carbocycles. The average molecular weight is 847 g/mol. The summed E-state index contributed by atoms with van der Waals surface area (Å²) in [6, 6.07) is 35.6. The van der Waals surface area contributed by atoms with Crippen LogP contribution in [0.25, 0.3) is 21.3 Å². The molecule has 14 nitrogen and oxygen atoms in total. The monoisotopic (exact) mass is 846 g/mol. The molecule has 5 atom stereocenters. The van der Waals surface area contributed by atoms with Crippen molar-refractivity contribution < 1.29 is 36.8 Å². The molecule has 0 unspecified atom stereocenters. The van der Waals surface area contributed by atoms with Crippen LogP contribution in [0.15, 0.2) is 150 Å². The van der Waals surface area contributed by atoms with Crippen molar-refractivity contribution in [1.29, 1.82) is 0 Å². The summed E-state index contributed by atoms with van der Waals surface area (Å²) in [4.78, 5) is 11.7. The van der Waals surface area contributed by atoms with Gasteiger partial charge in [0.2, 0.25) is 0 Å². The zero-order valence-corrected chi connectivity index (χ0v) is 34.6. The van der Waals surface area contributed by atoms with E-state index in [0.29, 0.717) is 30.8 Å². The minimum Gasteiger partial charge on any atom is -0.379 e. The van der Waals surface area contributed by atoms with E-state index in [1.807, 2.05) is 78.9 Å². The van der Waals surface area contributed by atoms with Gasteiger partial charge in [-0.3, -0.25) is 9.97 Å². The number of nitrogens with zero attached hydrogens (tertiary/aromatic N) is 6. The van der Waals surface area contributed by atoms with Gasteiger partial charge in [-0.1, -0.05) is 109 Å². The largest absolute Gasteiger partial charge is 0.379 e. The molecule has 1 aliphatic rings. The van der Waals surface area contributed by atoms with Crippen LogP contribution >= 0.6 is 0 Å². The highest BCUT2D eigenvalue weighted by Gasteiger charge is 2.49. The number of hydrogen-bond acceptors (Lipinski definition) is 11. The Labute approximate surface area is 356 Å². The molecule has 0 N–H and O–H groups in total. The first-order valence-corrected chi connectivity index (χ1v) is 21.9. The number of para-hydroxylation sites is 1. The standard InChI is InChI=1S/C46H50N6O8S/c47-51-50-24-13-4-14-27-55-34-42-43(59-33-38-29-48-25-26-49-38)44(57-31-35-15-5-1-6-16-35)45(58-32-36-17-7-2-8-18-36)46(60-42)56-28-23-37-30-52(41-22-12-11-21-40(37)41)61(53,54)39-19-9-3-10-20-39/h1-3,5-12,15-22,25-26,29-30,42-46H,4,13-14,23-24,27-28,31-34H2/t42-,43-,44+,45-,46-/m1/s1. The van der Waals surface area contributed by atoms with E-state index in [4.69, 9.17) is 34.0 Å². The van der Waals surface area contributed by atoms with E-state index in [1.54, 1.807) is 61.2 Å². The molecule has 0 spiro atoms. The molecule has 1 saturated heterocycles. The van der Waals surface area contributed by atoms with Gasteiger partial charge in [0.15, 0.2) is 6.29 Å². The Kier molecular flexibility index (Phi) is 16.0. The van der Waals surface area contributed by atoms with E-state index >= 15 is 0 Å². The summed E-state index contributed by atoms with van der Waals surface area (Å²) in [6.07, 6.45) is 5.56. The lowest BCUT2D eigenvalue weighted by Gasteiger charge is -2.45. The third kappa shape index (κ3) is 11.9. The predicted molar refractivity (Wildman–Crippen MR) is 229 cm³/mol. The molecule has 15 heteroatoms. The smallest absolute Gasteiger partial charge is 0.268 e. The van der Waals surface area contributed by atoms with Gasteiger partial charge < -0.3 is 28.4 Å². The highest BCUT2D eigenvalue weighted by atomic mass is 32.2. The average Bonchev–Trinajstić information content (AvgIpc) is 3.69. The van der Waals surface area contributed by atoms with Crippen LogP contribution in [-0.4, -0.2) is 79.4 Å². The first-order valence-electron chi connectivity index (χ1n) is 20.4. The quantitative estimate of drug-likeness (QED) is 0.0265. The van der Waals surface area contributed by atoms with E-state index in [-0.39, 0.29) is 37.9 Å². The summed E-state index contributed by atoms with van der Waals surface area (Å²) in [5.74, 6) is 0. The predicted octanol–water partition coefficient (Wildman–Crippen LogP) is 8.21. The van der Waals surface area contributed by atoms with Crippen molar-refractivity contribution in [3.63, 3.8) is 0 Å². The lowest BCUT2D eigenvalue weighted by Crippen LogP contribution is -2.62. The van der Waals surface area contributed by atoms with E-state index < -0.39 is 40.7 Å². The van der Waals surface area contributed by atoms with Crippen LogP contribution in [0.5, 0.6) is 0 Å². The Balaban J connectivity index is 1.17. The lowest BCUT2D eigenvalue weighted by molar-refractivity contribution is -0.328. The number of fused-ring (bicyclic) bond motifs is 1. The zero-order valence-electron chi connectivity index (χ0n) is 33.8. The fourth-order valence-electron chi connectivity index (χ4n) is 7.25. The van der Waals surface area contributed by atoms with Crippen molar-refractivity contribution >= 4 is 20.9 Å². The van der Waals surface area contributed by atoms with Crippen LogP contribution in [0, 0.1) is 0 Å². The van der Waals surface area contributed by atoms with Crippen LogP contribution in [-0.2, 0) is 64.7 Å². The normalized spacial score (nSPS) is 19.1. The number of azide groups is 1. The molecule has 0 bridgehead atoms. The van der Waals surface area contributed by atoms with Gasteiger partial charge in [-0.15, -0.1) is 0 Å². The van der Waals surface area contributed by atoms with Gasteiger partial charge in [0.1, 0.15) is 24.4 Å². The van der Waals surface area contributed by atoms with Gasteiger partial charge in [-0.2, -0.15) is 0 Å². The van der Waals surface area contributed by atoms with Gasteiger partial charge >= 0.3 is 0 Å². The van der Waals surface area contributed by atoms with Gasteiger partial charge in [0.25, 0.3) is 10.0 Å². The van der Waals surface area contributed by atoms with Crippen molar-refractivity contribution in [2.75, 3.05) is 26.4 Å². The Morgan fingerprint density at radius 3 is 2.10 bits per heavy atom. The van der Waals surface area contributed by atoms with Gasteiger partial charge in [-0.05, 0) is 59.7 Å². The SMILES string of the molecule is [N-]=[N+]=NCCCCCOC[C@H]1O[C@@H](OCCc2cn(S(=O)(=O)c3ccccc3)c3ccccc23)[C@H](OCc2ccccc2)[C@@H](OCc2ccccc2)[C@@H]1OCc1cnccn1. The second kappa shape index (κ2) is 22.4. The first-order chi connectivity index (χ1) is 30.0. The molecule has 1 fully saturated rings. The molecule has 6 aromatic rings. The Morgan fingerprint density at radius 2 is 1.39 bits per heavy atom. The lowest BCUT2D eigenvalue weighted by atomic mass is 9.97. The first kappa shape index (κ1) is 43.6. The molecule has 0 aliphatic carbocycles. The Hall–Kier alpha value is -5.48. The fourth-order valence-corrected chi connectivity index (χ4v) is 8.66. The van der Waals surface area contributed by atoms with Crippen molar-refractivity contribution in [3.05, 3.63) is 173 Å². The van der Waals surface area contributed by atoms with Gasteiger partial charge in [0, 0.05) is 42.0 Å². The molecule has 2 aromatic heterocycles. The topological polar surface area (TPSA) is 169 Å². The number of rotatable bonds is 23. The number of aromatic nitrogens is 3. The van der Waals surface area contributed by atoms with Crippen LogP contribution in [0.4, 0.5) is 0 Å². The van der Waals surface area contributed by atoms with Gasteiger partial charge in [-0.25, -0.2) is 12.4 Å². The van der Waals surface area contributed by atoms with E-state index in [0.717, 1.165) is 41.3 Å². The summed E-state index contributed by atoms with van der Waals surface area (Å²) in [7, 11) is -3.87. The van der Waals surface area contributed by atoms with Crippen molar-refractivity contribution in [1.82, 2.24) is 13.9 Å². The van der Waals surface area contributed by atoms with Crippen LogP contribution in [0.1, 0.15) is 41.6 Å². The van der Waals surface area contributed by atoms with Crippen molar-refractivity contribution in [3.8, 4) is 0 Å². The zero-order chi connectivity index (χ0) is 42.1. The molecule has 0 saturated carbocycles. The third-order valence-corrected chi connectivity index (χ3v) is 12.0. The van der Waals surface area contributed by atoms with Crippen LogP contribution in [0.3, 0.4) is 0 Å². The maximum Gasteiger partial charge on any atom is 0.268 e. The van der Waals surface area contributed by atoms with E-state index in [9.17, 15) is 8.42 Å². The second-order valence-electron chi connectivity index (χ2n) is 14.5. The van der Waals surface area contributed by atoms with Gasteiger partial charge in [0.05, 0.1) is 55.3 Å². The number of benzene rings is 4. The molecule has 0 amide bonds. The number of unbranched alkanes of at least 4 members (excludes halogenated alkanes) is 2. The molecule has 61 heavy (non-hydrogen) atoms. The summed E-state index contributed by atoms with van der Waals surface area (Å²) in [5, 5.41) is 4.43. The fraction of sp³-hybridized carbons (Fsp3) is 0.348. The molecule has 0 radical (unpaired) electrons. The highest BCUT2D eigenvalue weighted by Crippen LogP contribution is 2.32. The maximum absolute atomic E-state index is 13.8. The van der Waals surface area contributed by atoms with Crippen molar-refractivity contribution in [2.24, 2.45) is 5.11 Å². The molecule has 1 aliphatic heterocycles. The third-order valence-electron chi connectivity index (χ3n) is 10.3. The number of hydrogen-bond donors (Lipinski definition) is 0. The summed E-state index contributed by atoms with van der Waals surface area (Å²) < 4.78 is 68.9.